The van der Waals surface area contributed by atoms with E-state index >= 15 is 0 Å². The molecule has 1 aliphatic heterocycles. The topological polar surface area (TPSA) is 23.6 Å². The number of carbonyl (C=O) groups is 1. The predicted molar refractivity (Wildman–Crippen MR) is 82.4 cm³/mol. The molecule has 0 N–H and O–H groups in total. The van der Waals surface area contributed by atoms with Gasteiger partial charge < -0.3 is 9.80 Å². The summed E-state index contributed by atoms with van der Waals surface area (Å²) in [6.07, 6.45) is 5.54. The lowest BCUT2D eigenvalue weighted by Crippen LogP contribution is -2.34. The number of rotatable bonds is 5. The molecule has 0 bridgehead atoms. The van der Waals surface area contributed by atoms with Crippen LogP contribution in [0.25, 0.3) is 0 Å². The molecule has 1 aliphatic rings. The summed E-state index contributed by atoms with van der Waals surface area (Å²) in [6, 6.07) is 10.4. The van der Waals surface area contributed by atoms with E-state index in [-0.39, 0.29) is 0 Å². The highest BCUT2D eigenvalue weighted by Crippen LogP contribution is 2.11. The Hall–Kier alpha value is -1.35. The van der Waals surface area contributed by atoms with Gasteiger partial charge in [0.15, 0.2) is 0 Å². The zero-order valence-electron chi connectivity index (χ0n) is 12.6. The first-order chi connectivity index (χ1) is 9.75. The maximum Gasteiger partial charge on any atom is 0.223 e. The van der Waals surface area contributed by atoms with Crippen molar-refractivity contribution >= 4 is 5.91 Å². The van der Waals surface area contributed by atoms with Crippen LogP contribution in [0.2, 0.25) is 0 Å². The van der Waals surface area contributed by atoms with Gasteiger partial charge in [0, 0.05) is 32.6 Å². The number of benzene rings is 1. The summed E-state index contributed by atoms with van der Waals surface area (Å²) in [5.74, 6) is 0.326. The number of hydrogen-bond donors (Lipinski definition) is 0. The van der Waals surface area contributed by atoms with Gasteiger partial charge in [0.1, 0.15) is 0 Å². The van der Waals surface area contributed by atoms with Crippen LogP contribution in [0, 0.1) is 0 Å². The monoisotopic (exact) mass is 274 g/mol. The van der Waals surface area contributed by atoms with Crippen LogP contribution < -0.4 is 0 Å². The van der Waals surface area contributed by atoms with Crippen LogP contribution in [-0.2, 0) is 11.3 Å². The average molecular weight is 274 g/mol. The van der Waals surface area contributed by atoms with Crippen LogP contribution in [0.5, 0.6) is 0 Å². The molecule has 1 heterocycles. The maximum absolute atomic E-state index is 12.2. The van der Waals surface area contributed by atoms with Crippen LogP contribution in [0.4, 0.5) is 0 Å². The quantitative estimate of drug-likeness (QED) is 0.824. The predicted octanol–water partition coefficient (Wildman–Crippen LogP) is 2.91. The van der Waals surface area contributed by atoms with E-state index in [1.807, 2.05) is 6.07 Å². The van der Waals surface area contributed by atoms with Gasteiger partial charge in [-0.3, -0.25) is 4.79 Å². The fourth-order valence-electron chi connectivity index (χ4n) is 2.74. The zero-order valence-corrected chi connectivity index (χ0v) is 12.6. The van der Waals surface area contributed by atoms with Crippen LogP contribution in [-0.4, -0.2) is 42.4 Å². The summed E-state index contributed by atoms with van der Waals surface area (Å²) in [4.78, 5) is 16.5. The SMILES string of the molecule is CN(CCC(=O)N1CCCCCC1)Cc1ccccc1. The molecule has 1 saturated heterocycles. The molecule has 1 fully saturated rings. The minimum atomic E-state index is 0.326. The third-order valence-electron chi connectivity index (χ3n) is 3.96. The minimum absolute atomic E-state index is 0.326. The summed E-state index contributed by atoms with van der Waals surface area (Å²) >= 11 is 0. The summed E-state index contributed by atoms with van der Waals surface area (Å²) in [7, 11) is 2.09. The van der Waals surface area contributed by atoms with E-state index in [4.69, 9.17) is 0 Å². The van der Waals surface area contributed by atoms with Gasteiger partial charge in [-0.2, -0.15) is 0 Å². The highest BCUT2D eigenvalue weighted by molar-refractivity contribution is 5.76. The van der Waals surface area contributed by atoms with Crippen molar-refractivity contribution in [1.29, 1.82) is 0 Å². The van der Waals surface area contributed by atoms with E-state index in [0.717, 1.165) is 26.2 Å². The molecule has 0 aliphatic carbocycles. The normalized spacial score (nSPS) is 16.2. The minimum Gasteiger partial charge on any atom is -0.343 e. The summed E-state index contributed by atoms with van der Waals surface area (Å²) in [5, 5.41) is 0. The first-order valence-electron chi connectivity index (χ1n) is 7.76. The van der Waals surface area contributed by atoms with Crippen LogP contribution in [0.1, 0.15) is 37.7 Å². The Balaban J connectivity index is 1.72. The van der Waals surface area contributed by atoms with Crippen molar-refractivity contribution in [2.24, 2.45) is 0 Å². The molecule has 0 saturated carbocycles. The van der Waals surface area contributed by atoms with Gasteiger partial charge in [0.05, 0.1) is 0 Å². The van der Waals surface area contributed by atoms with Gasteiger partial charge >= 0.3 is 0 Å². The van der Waals surface area contributed by atoms with Crippen LogP contribution in [0.15, 0.2) is 30.3 Å². The van der Waals surface area contributed by atoms with Gasteiger partial charge in [0.2, 0.25) is 5.91 Å². The lowest BCUT2D eigenvalue weighted by Gasteiger charge is -2.22. The molecular weight excluding hydrogens is 248 g/mol. The molecule has 3 nitrogen and oxygen atoms in total. The second-order valence-electron chi connectivity index (χ2n) is 5.77. The van der Waals surface area contributed by atoms with E-state index in [2.05, 4.69) is 41.1 Å². The van der Waals surface area contributed by atoms with Crippen molar-refractivity contribution in [3.8, 4) is 0 Å². The molecule has 20 heavy (non-hydrogen) atoms. The van der Waals surface area contributed by atoms with E-state index in [1.54, 1.807) is 0 Å². The highest BCUT2D eigenvalue weighted by Gasteiger charge is 2.15. The van der Waals surface area contributed by atoms with Gasteiger partial charge in [-0.15, -0.1) is 0 Å². The number of hydrogen-bond acceptors (Lipinski definition) is 2. The number of likely N-dealkylation sites (tertiary alicyclic amines) is 1. The van der Waals surface area contributed by atoms with Crippen molar-refractivity contribution < 1.29 is 4.79 Å². The highest BCUT2D eigenvalue weighted by atomic mass is 16.2. The Kier molecular flexibility index (Phi) is 6.06. The summed E-state index contributed by atoms with van der Waals surface area (Å²) in [6.45, 7) is 3.67. The van der Waals surface area contributed by atoms with Crippen molar-refractivity contribution in [2.75, 3.05) is 26.7 Å². The smallest absolute Gasteiger partial charge is 0.223 e. The third kappa shape index (κ3) is 4.97. The number of nitrogens with zero attached hydrogens (tertiary/aromatic N) is 2. The molecule has 0 unspecified atom stereocenters. The van der Waals surface area contributed by atoms with Crippen molar-refractivity contribution in [3.63, 3.8) is 0 Å². The number of carbonyl (C=O) groups excluding carboxylic acids is 1. The van der Waals surface area contributed by atoms with Crippen LogP contribution >= 0.6 is 0 Å². The Morgan fingerprint density at radius 3 is 2.40 bits per heavy atom. The Labute approximate surface area is 122 Å². The molecule has 2 rings (SSSR count). The molecule has 1 aromatic rings. The fraction of sp³-hybridized carbons (Fsp3) is 0.588. The fourth-order valence-corrected chi connectivity index (χ4v) is 2.74. The Morgan fingerprint density at radius 2 is 1.75 bits per heavy atom. The van der Waals surface area contributed by atoms with Crippen molar-refractivity contribution in [2.45, 2.75) is 38.6 Å². The molecule has 1 aromatic carbocycles. The Morgan fingerprint density at radius 1 is 1.10 bits per heavy atom. The van der Waals surface area contributed by atoms with E-state index in [1.165, 1.54) is 31.2 Å². The molecule has 110 valence electrons. The summed E-state index contributed by atoms with van der Waals surface area (Å²) in [5.41, 5.74) is 1.30. The standard InChI is InChI=1S/C17H26N2O/c1-18(15-16-9-5-4-6-10-16)14-11-17(20)19-12-7-2-3-8-13-19/h4-6,9-10H,2-3,7-8,11-15H2,1H3. The molecule has 1 amide bonds. The lowest BCUT2D eigenvalue weighted by molar-refractivity contribution is -0.131. The average Bonchev–Trinajstić information content (AvgIpc) is 2.75. The first-order valence-corrected chi connectivity index (χ1v) is 7.76. The van der Waals surface area contributed by atoms with Crippen LogP contribution in [0.3, 0.4) is 0 Å². The molecule has 0 spiro atoms. The van der Waals surface area contributed by atoms with Gasteiger partial charge in [0.25, 0.3) is 0 Å². The van der Waals surface area contributed by atoms with Gasteiger partial charge in [-0.1, -0.05) is 43.2 Å². The van der Waals surface area contributed by atoms with E-state index in [9.17, 15) is 4.79 Å². The van der Waals surface area contributed by atoms with Crippen molar-refractivity contribution in [3.05, 3.63) is 35.9 Å². The summed E-state index contributed by atoms with van der Waals surface area (Å²) < 4.78 is 0. The second-order valence-corrected chi connectivity index (χ2v) is 5.77. The van der Waals surface area contributed by atoms with E-state index in [0.29, 0.717) is 12.3 Å². The number of amides is 1. The van der Waals surface area contributed by atoms with Gasteiger partial charge in [-0.25, -0.2) is 0 Å². The van der Waals surface area contributed by atoms with Crippen molar-refractivity contribution in [1.82, 2.24) is 9.80 Å². The maximum atomic E-state index is 12.2. The molecule has 0 aromatic heterocycles. The molecule has 3 heteroatoms. The van der Waals surface area contributed by atoms with Gasteiger partial charge in [-0.05, 0) is 25.5 Å². The molecule has 0 radical (unpaired) electrons. The lowest BCUT2D eigenvalue weighted by atomic mass is 10.2. The molecular formula is C17H26N2O. The Bertz CT molecular complexity index is 397. The first kappa shape index (κ1) is 15.0. The zero-order chi connectivity index (χ0) is 14.2. The molecule has 0 atom stereocenters. The second kappa shape index (κ2) is 8.05. The largest absolute Gasteiger partial charge is 0.343 e. The van der Waals surface area contributed by atoms with E-state index < -0.39 is 0 Å². The third-order valence-corrected chi connectivity index (χ3v) is 3.96.